The van der Waals surface area contributed by atoms with E-state index in [9.17, 15) is 4.79 Å². The second-order valence-corrected chi connectivity index (χ2v) is 5.61. The Labute approximate surface area is 108 Å². The number of carbonyl (C=O) groups excluding carboxylic acids is 1. The van der Waals surface area contributed by atoms with E-state index in [1.165, 1.54) is 0 Å². The number of hydrogen-bond acceptors (Lipinski definition) is 3. The van der Waals surface area contributed by atoms with E-state index in [1.807, 2.05) is 17.0 Å². The van der Waals surface area contributed by atoms with Crippen LogP contribution >= 0.6 is 0 Å². The van der Waals surface area contributed by atoms with Crippen molar-refractivity contribution in [2.24, 2.45) is 5.92 Å². The van der Waals surface area contributed by atoms with Crippen molar-refractivity contribution in [3.63, 3.8) is 0 Å². The molecule has 1 saturated carbocycles. The zero-order chi connectivity index (χ0) is 12.7. The number of carbonyl (C=O) groups is 1. The Bertz CT molecular complexity index is 429. The highest BCUT2D eigenvalue weighted by Gasteiger charge is 2.48. The fraction of sp³-hybridized carbons (Fsp3) is 0.643. The molecule has 0 radical (unpaired) electrons. The molecule has 1 aliphatic carbocycles. The molecule has 0 bridgehead atoms. The maximum atomic E-state index is 12.4. The molecular formula is C14H20N2O2. The zero-order valence-electron chi connectivity index (χ0n) is 11.0. The minimum absolute atomic E-state index is 0.155. The number of likely N-dealkylation sites (N-methyl/N-ethyl adjacent to an activating group) is 1. The van der Waals surface area contributed by atoms with Gasteiger partial charge in [-0.3, -0.25) is 4.79 Å². The minimum Gasteiger partial charge on any atom is -0.469 e. The first-order valence-corrected chi connectivity index (χ1v) is 6.69. The molecule has 0 aromatic carbocycles. The summed E-state index contributed by atoms with van der Waals surface area (Å²) in [7, 11) is 2.11. The first-order valence-electron chi connectivity index (χ1n) is 6.69. The lowest BCUT2D eigenvalue weighted by molar-refractivity contribution is -0.136. The number of hydrogen-bond donors (Lipinski definition) is 0. The van der Waals surface area contributed by atoms with E-state index in [0.717, 1.165) is 31.8 Å². The number of rotatable bonds is 2. The topological polar surface area (TPSA) is 36.7 Å². The van der Waals surface area contributed by atoms with Gasteiger partial charge in [0.25, 0.3) is 0 Å². The molecule has 3 rings (SSSR count). The monoisotopic (exact) mass is 248 g/mol. The van der Waals surface area contributed by atoms with Crippen molar-refractivity contribution in [3.05, 3.63) is 24.2 Å². The normalized spacial score (nSPS) is 32.6. The van der Waals surface area contributed by atoms with Gasteiger partial charge < -0.3 is 14.2 Å². The van der Waals surface area contributed by atoms with Crippen molar-refractivity contribution in [1.82, 2.24) is 9.80 Å². The highest BCUT2D eigenvalue weighted by atomic mass is 16.3. The Hall–Kier alpha value is -1.29. The summed E-state index contributed by atoms with van der Waals surface area (Å²) in [4.78, 5) is 16.8. The Morgan fingerprint density at radius 2 is 2.28 bits per heavy atom. The second kappa shape index (κ2) is 4.43. The van der Waals surface area contributed by atoms with Gasteiger partial charge in [-0.25, -0.2) is 0 Å². The molecule has 3 unspecified atom stereocenters. The molecule has 2 fully saturated rings. The smallest absolute Gasteiger partial charge is 0.226 e. The largest absolute Gasteiger partial charge is 0.469 e. The molecule has 1 amide bonds. The maximum Gasteiger partial charge on any atom is 0.226 e. The van der Waals surface area contributed by atoms with Crippen LogP contribution in [0.15, 0.2) is 22.8 Å². The Balaban J connectivity index is 1.63. The van der Waals surface area contributed by atoms with Crippen LogP contribution in [-0.4, -0.2) is 48.4 Å². The summed E-state index contributed by atoms with van der Waals surface area (Å²) in [6.07, 6.45) is 2.64. The van der Waals surface area contributed by atoms with Crippen LogP contribution < -0.4 is 0 Å². The molecule has 2 aliphatic rings. The van der Waals surface area contributed by atoms with E-state index in [1.54, 1.807) is 6.26 Å². The lowest BCUT2D eigenvalue weighted by Crippen LogP contribution is -2.53. The van der Waals surface area contributed by atoms with E-state index in [4.69, 9.17) is 4.42 Å². The van der Waals surface area contributed by atoms with Gasteiger partial charge in [-0.05, 0) is 32.5 Å². The predicted octanol–water partition coefficient (Wildman–Crippen LogP) is 1.55. The number of amides is 1. The van der Waals surface area contributed by atoms with Crippen molar-refractivity contribution in [2.45, 2.75) is 25.3 Å². The van der Waals surface area contributed by atoms with Gasteiger partial charge in [0.1, 0.15) is 5.76 Å². The van der Waals surface area contributed by atoms with E-state index in [-0.39, 0.29) is 5.92 Å². The third-order valence-corrected chi connectivity index (χ3v) is 4.13. The van der Waals surface area contributed by atoms with Gasteiger partial charge in [-0.1, -0.05) is 0 Å². The number of nitrogens with zero attached hydrogens (tertiary/aromatic N) is 2. The van der Waals surface area contributed by atoms with Crippen molar-refractivity contribution >= 4 is 5.91 Å². The minimum atomic E-state index is 0.155. The van der Waals surface area contributed by atoms with Crippen molar-refractivity contribution in [2.75, 3.05) is 26.7 Å². The van der Waals surface area contributed by atoms with E-state index in [2.05, 4.69) is 18.9 Å². The van der Waals surface area contributed by atoms with Crippen LogP contribution in [0.4, 0.5) is 0 Å². The summed E-state index contributed by atoms with van der Waals surface area (Å²) in [5.41, 5.74) is 0. The molecular weight excluding hydrogens is 228 g/mol. The molecule has 4 heteroatoms. The fourth-order valence-electron chi connectivity index (χ4n) is 2.96. The summed E-state index contributed by atoms with van der Waals surface area (Å²) in [6, 6.07) is 4.20. The van der Waals surface area contributed by atoms with Gasteiger partial charge in [0, 0.05) is 37.5 Å². The van der Waals surface area contributed by atoms with Crippen LogP contribution in [0.5, 0.6) is 0 Å². The van der Waals surface area contributed by atoms with Gasteiger partial charge in [0.15, 0.2) is 0 Å². The predicted molar refractivity (Wildman–Crippen MR) is 68.2 cm³/mol. The summed E-state index contributed by atoms with van der Waals surface area (Å²) >= 11 is 0. The average Bonchev–Trinajstić information content (AvgIpc) is 2.95. The molecule has 18 heavy (non-hydrogen) atoms. The summed E-state index contributed by atoms with van der Waals surface area (Å²) < 4.78 is 5.39. The lowest BCUT2D eigenvalue weighted by atomic mass is 10.1. The molecule has 3 atom stereocenters. The molecule has 0 spiro atoms. The van der Waals surface area contributed by atoms with Crippen LogP contribution in [-0.2, 0) is 4.79 Å². The van der Waals surface area contributed by atoms with Gasteiger partial charge in [0.2, 0.25) is 5.91 Å². The van der Waals surface area contributed by atoms with Gasteiger partial charge in [-0.2, -0.15) is 0 Å². The summed E-state index contributed by atoms with van der Waals surface area (Å²) in [5.74, 6) is 1.76. The summed E-state index contributed by atoms with van der Waals surface area (Å²) in [6.45, 7) is 4.95. The van der Waals surface area contributed by atoms with E-state index < -0.39 is 0 Å². The Kier molecular flexibility index (Phi) is 2.90. The van der Waals surface area contributed by atoms with Crippen LogP contribution in [0.1, 0.15) is 25.0 Å². The fourth-order valence-corrected chi connectivity index (χ4v) is 2.96. The highest BCUT2D eigenvalue weighted by molar-refractivity contribution is 5.83. The first kappa shape index (κ1) is 11.8. The maximum absolute atomic E-state index is 12.4. The number of furan rings is 1. The molecule has 4 nitrogen and oxygen atoms in total. The Morgan fingerprint density at radius 3 is 2.94 bits per heavy atom. The molecule has 1 aromatic rings. The SMILES string of the molecule is CC1CN(C)CCN1C(=O)C1CC1c1ccco1. The van der Waals surface area contributed by atoms with Crippen molar-refractivity contribution in [1.29, 1.82) is 0 Å². The molecule has 1 aliphatic heterocycles. The third-order valence-electron chi connectivity index (χ3n) is 4.13. The summed E-state index contributed by atoms with van der Waals surface area (Å²) in [5, 5.41) is 0. The van der Waals surface area contributed by atoms with E-state index in [0.29, 0.717) is 17.9 Å². The first-order chi connectivity index (χ1) is 8.66. The standard InChI is InChI=1S/C14H20N2O2/c1-10-9-15(2)5-6-16(10)14(17)12-8-11(12)13-4-3-7-18-13/h3-4,7,10-12H,5-6,8-9H2,1-2H3. The van der Waals surface area contributed by atoms with Gasteiger partial charge in [0.05, 0.1) is 6.26 Å². The van der Waals surface area contributed by atoms with E-state index >= 15 is 0 Å². The van der Waals surface area contributed by atoms with Gasteiger partial charge in [-0.15, -0.1) is 0 Å². The molecule has 0 N–H and O–H groups in total. The average molecular weight is 248 g/mol. The molecule has 98 valence electrons. The van der Waals surface area contributed by atoms with Crippen LogP contribution in [0.3, 0.4) is 0 Å². The lowest BCUT2D eigenvalue weighted by Gasteiger charge is -2.38. The second-order valence-electron chi connectivity index (χ2n) is 5.61. The Morgan fingerprint density at radius 1 is 1.44 bits per heavy atom. The number of piperazine rings is 1. The third kappa shape index (κ3) is 2.05. The highest BCUT2D eigenvalue weighted by Crippen LogP contribution is 2.48. The molecule has 1 saturated heterocycles. The van der Waals surface area contributed by atoms with Crippen LogP contribution in [0.2, 0.25) is 0 Å². The van der Waals surface area contributed by atoms with Crippen molar-refractivity contribution < 1.29 is 9.21 Å². The van der Waals surface area contributed by atoms with Crippen LogP contribution in [0.25, 0.3) is 0 Å². The van der Waals surface area contributed by atoms with Crippen molar-refractivity contribution in [3.8, 4) is 0 Å². The van der Waals surface area contributed by atoms with Gasteiger partial charge >= 0.3 is 0 Å². The zero-order valence-corrected chi connectivity index (χ0v) is 11.0. The van der Waals surface area contributed by atoms with Crippen LogP contribution in [0, 0.1) is 5.92 Å². The molecule has 1 aromatic heterocycles. The molecule has 2 heterocycles. The quantitative estimate of drug-likeness (QED) is 0.796.